The highest BCUT2D eigenvalue weighted by molar-refractivity contribution is 8.00. The fourth-order valence-electron chi connectivity index (χ4n) is 2.93. The lowest BCUT2D eigenvalue weighted by molar-refractivity contribution is -0.130. The van der Waals surface area contributed by atoms with Gasteiger partial charge in [-0.15, -0.1) is 0 Å². The molecule has 3 rings (SSSR count). The quantitative estimate of drug-likeness (QED) is 0.704. The first-order chi connectivity index (χ1) is 12.3. The average molecular weight is 414 g/mol. The van der Waals surface area contributed by atoms with Crippen LogP contribution in [0.25, 0.3) is 5.69 Å². The molecule has 26 heavy (non-hydrogen) atoms. The minimum atomic E-state index is -3.02. The van der Waals surface area contributed by atoms with E-state index in [1.54, 1.807) is 30.3 Å². The molecule has 6 nitrogen and oxygen atoms in total. The molecular formula is C17H20ClN3O3S2. The maximum atomic E-state index is 12.7. The molecule has 0 bridgehead atoms. The number of rotatable bonds is 5. The smallest absolute Gasteiger partial charge is 0.235 e. The van der Waals surface area contributed by atoms with Crippen LogP contribution in [0, 0.1) is 0 Å². The fourth-order valence-corrected chi connectivity index (χ4v) is 5.82. The molecule has 1 aliphatic heterocycles. The zero-order valence-electron chi connectivity index (χ0n) is 14.5. The van der Waals surface area contributed by atoms with Gasteiger partial charge in [0.15, 0.2) is 15.0 Å². The Hall–Kier alpha value is -1.51. The van der Waals surface area contributed by atoms with Gasteiger partial charge in [-0.05, 0) is 37.6 Å². The van der Waals surface area contributed by atoms with Crippen LogP contribution in [0.4, 0.5) is 0 Å². The predicted molar refractivity (Wildman–Crippen MR) is 104 cm³/mol. The normalized spacial score (nSPS) is 20.0. The van der Waals surface area contributed by atoms with E-state index in [0.29, 0.717) is 16.6 Å². The highest BCUT2D eigenvalue weighted by atomic mass is 35.5. The predicted octanol–water partition coefficient (Wildman–Crippen LogP) is 2.65. The summed E-state index contributed by atoms with van der Waals surface area (Å²) in [7, 11) is -1.35. The van der Waals surface area contributed by atoms with Crippen molar-refractivity contribution in [3.63, 3.8) is 0 Å². The lowest BCUT2D eigenvalue weighted by atomic mass is 10.2. The number of amides is 1. The number of carbonyl (C=O) groups excluding carboxylic acids is 1. The average Bonchev–Trinajstić information content (AvgIpc) is 3.20. The van der Waals surface area contributed by atoms with Crippen molar-refractivity contribution >= 4 is 39.1 Å². The van der Waals surface area contributed by atoms with E-state index >= 15 is 0 Å². The number of benzene rings is 1. The van der Waals surface area contributed by atoms with E-state index in [2.05, 4.69) is 4.98 Å². The molecule has 140 valence electrons. The summed E-state index contributed by atoms with van der Waals surface area (Å²) in [6.07, 6.45) is 4.01. The molecule has 0 N–H and O–H groups in total. The van der Waals surface area contributed by atoms with Crippen LogP contribution in [-0.2, 0) is 14.6 Å². The first kappa shape index (κ1) is 19.3. The van der Waals surface area contributed by atoms with Crippen molar-refractivity contribution in [2.75, 3.05) is 18.6 Å². The van der Waals surface area contributed by atoms with Crippen LogP contribution in [0.1, 0.15) is 13.3 Å². The molecule has 1 saturated heterocycles. The summed E-state index contributed by atoms with van der Waals surface area (Å²) in [6, 6.07) is 7.13. The van der Waals surface area contributed by atoms with Gasteiger partial charge >= 0.3 is 0 Å². The summed E-state index contributed by atoms with van der Waals surface area (Å²) in [5.74, 6) is 0.104. The van der Waals surface area contributed by atoms with Crippen molar-refractivity contribution in [1.29, 1.82) is 0 Å². The summed E-state index contributed by atoms with van der Waals surface area (Å²) in [5.41, 5.74) is 0.907. The number of hydrogen-bond donors (Lipinski definition) is 0. The highest BCUT2D eigenvalue weighted by Crippen LogP contribution is 2.27. The van der Waals surface area contributed by atoms with E-state index in [4.69, 9.17) is 11.6 Å². The number of nitrogens with zero attached hydrogens (tertiary/aromatic N) is 3. The van der Waals surface area contributed by atoms with Crippen molar-refractivity contribution in [2.24, 2.45) is 0 Å². The molecule has 0 radical (unpaired) electrons. The molecule has 2 atom stereocenters. The third-order valence-corrected chi connectivity index (χ3v) is 7.52. The Balaban J connectivity index is 1.70. The monoisotopic (exact) mass is 413 g/mol. The van der Waals surface area contributed by atoms with Crippen molar-refractivity contribution in [2.45, 2.75) is 29.8 Å². The minimum absolute atomic E-state index is 0.0476. The SMILES string of the molecule is C[C@@H](Sc1nccn1-c1ccc(Cl)cc1)C(=O)N(C)[C@@H]1CCS(=O)(=O)C1. The molecular weight excluding hydrogens is 394 g/mol. The lowest BCUT2D eigenvalue weighted by Gasteiger charge is -2.26. The van der Waals surface area contributed by atoms with Crippen LogP contribution in [0.2, 0.25) is 5.02 Å². The molecule has 1 fully saturated rings. The second-order valence-electron chi connectivity index (χ2n) is 6.32. The van der Waals surface area contributed by atoms with Gasteiger partial charge in [0.25, 0.3) is 0 Å². The number of thioether (sulfide) groups is 1. The molecule has 0 aliphatic carbocycles. The van der Waals surface area contributed by atoms with Crippen LogP contribution >= 0.6 is 23.4 Å². The van der Waals surface area contributed by atoms with Gasteiger partial charge in [-0.3, -0.25) is 9.36 Å². The zero-order valence-corrected chi connectivity index (χ0v) is 16.9. The van der Waals surface area contributed by atoms with Gasteiger partial charge < -0.3 is 4.90 Å². The first-order valence-electron chi connectivity index (χ1n) is 8.20. The topological polar surface area (TPSA) is 72.3 Å². The summed E-state index contributed by atoms with van der Waals surface area (Å²) in [4.78, 5) is 18.6. The highest BCUT2D eigenvalue weighted by Gasteiger charge is 2.34. The number of imidazole rings is 1. The van der Waals surface area contributed by atoms with Crippen LogP contribution in [0.3, 0.4) is 0 Å². The van der Waals surface area contributed by atoms with Gasteiger partial charge in [-0.1, -0.05) is 23.4 Å². The summed E-state index contributed by atoms with van der Waals surface area (Å²) >= 11 is 7.28. The van der Waals surface area contributed by atoms with Gasteiger partial charge in [0.1, 0.15) is 0 Å². The summed E-state index contributed by atoms with van der Waals surface area (Å²) in [6.45, 7) is 1.81. The van der Waals surface area contributed by atoms with E-state index in [9.17, 15) is 13.2 Å². The Morgan fingerprint density at radius 1 is 1.38 bits per heavy atom. The van der Waals surface area contributed by atoms with E-state index in [1.807, 2.05) is 29.8 Å². The third-order valence-electron chi connectivity index (χ3n) is 4.45. The molecule has 1 aromatic heterocycles. The zero-order chi connectivity index (χ0) is 18.9. The Labute approximate surface area is 162 Å². The van der Waals surface area contributed by atoms with Crippen molar-refractivity contribution in [3.05, 3.63) is 41.7 Å². The Morgan fingerprint density at radius 3 is 2.69 bits per heavy atom. The summed E-state index contributed by atoms with van der Waals surface area (Å²) in [5, 5.41) is 0.970. The largest absolute Gasteiger partial charge is 0.341 e. The number of hydrogen-bond acceptors (Lipinski definition) is 5. The van der Waals surface area contributed by atoms with Crippen LogP contribution < -0.4 is 0 Å². The summed E-state index contributed by atoms with van der Waals surface area (Å²) < 4.78 is 25.2. The van der Waals surface area contributed by atoms with E-state index in [-0.39, 0.29) is 28.7 Å². The fraction of sp³-hybridized carbons (Fsp3) is 0.412. The van der Waals surface area contributed by atoms with Crippen LogP contribution in [0.5, 0.6) is 0 Å². The second kappa shape index (κ2) is 7.62. The molecule has 1 aromatic carbocycles. The molecule has 0 unspecified atom stereocenters. The second-order valence-corrected chi connectivity index (χ2v) is 10.3. The maximum absolute atomic E-state index is 12.7. The Morgan fingerprint density at radius 2 is 2.08 bits per heavy atom. The molecule has 0 saturated carbocycles. The standard InChI is InChI=1S/C17H20ClN3O3S2/c1-12(16(22)20(2)15-7-10-26(23,24)11-15)25-17-19-8-9-21(17)14-5-3-13(18)4-6-14/h3-6,8-9,12,15H,7,10-11H2,1-2H3/t12-,15-/m1/s1. The number of sulfone groups is 1. The van der Waals surface area contributed by atoms with Gasteiger partial charge in [-0.25, -0.2) is 13.4 Å². The molecule has 1 aliphatic rings. The third kappa shape index (κ3) is 4.24. The van der Waals surface area contributed by atoms with Gasteiger partial charge in [0, 0.05) is 36.2 Å². The van der Waals surface area contributed by atoms with E-state index in [0.717, 1.165) is 5.69 Å². The molecule has 1 amide bonds. The molecule has 9 heteroatoms. The van der Waals surface area contributed by atoms with Crippen molar-refractivity contribution < 1.29 is 13.2 Å². The number of aromatic nitrogens is 2. The van der Waals surface area contributed by atoms with Gasteiger partial charge in [0.05, 0.1) is 16.8 Å². The molecule has 2 aromatic rings. The van der Waals surface area contributed by atoms with E-state index < -0.39 is 9.84 Å². The first-order valence-corrected chi connectivity index (χ1v) is 11.3. The van der Waals surface area contributed by atoms with Crippen molar-refractivity contribution in [1.82, 2.24) is 14.5 Å². The van der Waals surface area contributed by atoms with E-state index in [1.165, 1.54) is 11.8 Å². The van der Waals surface area contributed by atoms with Crippen molar-refractivity contribution in [3.8, 4) is 5.69 Å². The van der Waals surface area contributed by atoms with Crippen LogP contribution in [-0.4, -0.2) is 58.6 Å². The molecule has 2 heterocycles. The van der Waals surface area contributed by atoms with Crippen LogP contribution in [0.15, 0.2) is 41.8 Å². The van der Waals surface area contributed by atoms with Gasteiger partial charge in [-0.2, -0.15) is 0 Å². The Bertz CT molecular complexity index is 896. The maximum Gasteiger partial charge on any atom is 0.235 e. The van der Waals surface area contributed by atoms with Gasteiger partial charge in [0.2, 0.25) is 5.91 Å². The Kier molecular flexibility index (Phi) is 5.64. The number of halogens is 1. The minimum Gasteiger partial charge on any atom is -0.341 e. The number of carbonyl (C=O) groups is 1. The lowest BCUT2D eigenvalue weighted by Crippen LogP contribution is -2.41. The molecule has 0 spiro atoms.